The van der Waals surface area contributed by atoms with Crippen LogP contribution in [0.5, 0.6) is 0 Å². The predicted octanol–water partition coefficient (Wildman–Crippen LogP) is 3.37. The highest BCUT2D eigenvalue weighted by Gasteiger charge is 2.56. The molecule has 0 aliphatic heterocycles. The van der Waals surface area contributed by atoms with E-state index >= 15 is 0 Å². The summed E-state index contributed by atoms with van der Waals surface area (Å²) < 4.78 is 61.1. The van der Waals surface area contributed by atoms with Crippen molar-refractivity contribution in [3.05, 3.63) is 0 Å². The Morgan fingerprint density at radius 2 is 1.60 bits per heavy atom. The first-order valence-electron chi connectivity index (χ1n) is 8.76. The number of rotatable bonds is 7. The second-order valence-corrected chi connectivity index (χ2v) is 8.12. The lowest BCUT2D eigenvalue weighted by molar-refractivity contribution is -0.346. The molecule has 4 saturated carbocycles. The Labute approximate surface area is 143 Å². The van der Waals surface area contributed by atoms with E-state index in [0.717, 1.165) is 38.5 Å². The first-order chi connectivity index (χ1) is 11.5. The van der Waals surface area contributed by atoms with E-state index in [1.54, 1.807) is 0 Å². The summed E-state index contributed by atoms with van der Waals surface area (Å²) in [5.74, 6) is -3.40. The van der Waals surface area contributed by atoms with Gasteiger partial charge in [-0.3, -0.25) is 4.79 Å². The van der Waals surface area contributed by atoms with Gasteiger partial charge >= 0.3 is 18.0 Å². The molecule has 8 heteroatoms. The van der Waals surface area contributed by atoms with Crippen LogP contribution in [0.1, 0.15) is 45.4 Å². The zero-order chi connectivity index (χ0) is 18.5. The van der Waals surface area contributed by atoms with E-state index in [1.165, 1.54) is 0 Å². The number of carbonyl (C=O) groups is 1. The van der Waals surface area contributed by atoms with Crippen LogP contribution in [0.15, 0.2) is 0 Å². The number of halogens is 4. The van der Waals surface area contributed by atoms with Crippen LogP contribution >= 0.6 is 0 Å². The van der Waals surface area contributed by atoms with Gasteiger partial charge in [0.2, 0.25) is 0 Å². The second-order valence-electron chi connectivity index (χ2n) is 8.12. The summed E-state index contributed by atoms with van der Waals surface area (Å²) in [5, 5.41) is 9.27. The fourth-order valence-electron chi connectivity index (χ4n) is 5.09. The van der Waals surface area contributed by atoms with Gasteiger partial charge in [0.25, 0.3) is 0 Å². The number of carbonyl (C=O) groups excluding carboxylic acids is 1. The highest BCUT2D eigenvalue weighted by molar-refractivity contribution is 5.77. The quantitative estimate of drug-likeness (QED) is 0.553. The SMILES string of the molecule is CC(F)(F)C(F)(F)OCC(CO)OC(=O)C12CC3CC(CC(C3)C1)C2. The van der Waals surface area contributed by atoms with Crippen LogP contribution in [0.2, 0.25) is 0 Å². The van der Waals surface area contributed by atoms with Crippen LogP contribution in [0.4, 0.5) is 17.6 Å². The van der Waals surface area contributed by atoms with Crippen LogP contribution in [0.25, 0.3) is 0 Å². The molecule has 4 aliphatic rings. The normalized spacial score (nSPS) is 35.7. The number of aliphatic hydroxyl groups excluding tert-OH is 1. The second kappa shape index (κ2) is 6.37. The predicted molar refractivity (Wildman–Crippen MR) is 79.1 cm³/mol. The standard InChI is InChI=1S/C17H24F4O4/c1-15(18,19)17(20,21)24-9-13(8-22)25-14(23)16-5-10-2-11(6-16)4-12(3-10)7-16/h10-13,22H,2-9H2,1H3. The van der Waals surface area contributed by atoms with Crippen molar-refractivity contribution in [3.8, 4) is 0 Å². The minimum Gasteiger partial charge on any atom is -0.457 e. The Morgan fingerprint density at radius 1 is 1.12 bits per heavy atom. The monoisotopic (exact) mass is 368 g/mol. The molecule has 0 aromatic carbocycles. The molecule has 1 N–H and O–H groups in total. The smallest absolute Gasteiger partial charge is 0.419 e. The summed E-state index contributed by atoms with van der Waals surface area (Å²) in [6, 6.07) is 0. The van der Waals surface area contributed by atoms with Crippen LogP contribution < -0.4 is 0 Å². The molecule has 144 valence electrons. The molecule has 0 amide bonds. The number of ether oxygens (including phenoxy) is 2. The third kappa shape index (κ3) is 3.65. The zero-order valence-electron chi connectivity index (χ0n) is 14.2. The molecule has 0 radical (unpaired) electrons. The fraction of sp³-hybridized carbons (Fsp3) is 0.941. The van der Waals surface area contributed by atoms with Crippen molar-refractivity contribution < 1.29 is 36.9 Å². The van der Waals surface area contributed by atoms with E-state index in [1.807, 2.05) is 0 Å². The fourth-order valence-corrected chi connectivity index (χ4v) is 5.09. The number of hydrogen-bond donors (Lipinski definition) is 1. The molecule has 0 heterocycles. The van der Waals surface area contributed by atoms with Crippen molar-refractivity contribution in [2.45, 2.75) is 63.6 Å². The summed E-state index contributed by atoms with van der Waals surface area (Å²) in [7, 11) is 0. The maximum absolute atomic E-state index is 13.2. The highest BCUT2D eigenvalue weighted by Crippen LogP contribution is 2.60. The Balaban J connectivity index is 1.59. The molecule has 0 aromatic heterocycles. The molecule has 0 spiro atoms. The number of esters is 1. The van der Waals surface area contributed by atoms with E-state index in [-0.39, 0.29) is 6.92 Å². The van der Waals surface area contributed by atoms with Gasteiger partial charge in [-0.1, -0.05) is 0 Å². The largest absolute Gasteiger partial charge is 0.457 e. The summed E-state index contributed by atoms with van der Waals surface area (Å²) >= 11 is 0. The summed E-state index contributed by atoms with van der Waals surface area (Å²) in [6.45, 7) is -1.70. The molecule has 25 heavy (non-hydrogen) atoms. The minimum atomic E-state index is -4.69. The van der Waals surface area contributed by atoms with E-state index in [9.17, 15) is 27.5 Å². The molecule has 0 saturated heterocycles. The first kappa shape index (κ1) is 18.9. The summed E-state index contributed by atoms with van der Waals surface area (Å²) in [6.07, 6.45) is -0.535. The number of alkyl halides is 4. The van der Waals surface area contributed by atoms with Gasteiger partial charge in [0.1, 0.15) is 6.10 Å². The van der Waals surface area contributed by atoms with E-state index in [4.69, 9.17) is 4.74 Å². The van der Waals surface area contributed by atoms with Gasteiger partial charge in [-0.25, -0.2) is 0 Å². The molecule has 4 aliphatic carbocycles. The third-order valence-corrected chi connectivity index (χ3v) is 5.91. The summed E-state index contributed by atoms with van der Waals surface area (Å²) in [4.78, 5) is 12.7. The van der Waals surface area contributed by atoms with Crippen molar-refractivity contribution >= 4 is 5.97 Å². The Kier molecular flexibility index (Phi) is 4.81. The molecule has 1 atom stereocenters. The van der Waals surface area contributed by atoms with Crippen molar-refractivity contribution in [1.29, 1.82) is 0 Å². The van der Waals surface area contributed by atoms with Crippen molar-refractivity contribution in [1.82, 2.24) is 0 Å². The van der Waals surface area contributed by atoms with Gasteiger partial charge in [0, 0.05) is 6.92 Å². The lowest BCUT2D eigenvalue weighted by atomic mass is 9.49. The van der Waals surface area contributed by atoms with Crippen molar-refractivity contribution in [2.75, 3.05) is 13.2 Å². The minimum absolute atomic E-state index is 0.0440. The van der Waals surface area contributed by atoms with Crippen molar-refractivity contribution in [2.24, 2.45) is 23.2 Å². The van der Waals surface area contributed by atoms with Gasteiger partial charge in [-0.05, 0) is 56.3 Å². The van der Waals surface area contributed by atoms with Gasteiger partial charge in [0.05, 0.1) is 18.6 Å². The van der Waals surface area contributed by atoms with Crippen LogP contribution in [-0.2, 0) is 14.3 Å². The lowest BCUT2D eigenvalue weighted by Gasteiger charge is -2.55. The third-order valence-electron chi connectivity index (χ3n) is 5.91. The average Bonchev–Trinajstić information content (AvgIpc) is 2.48. The van der Waals surface area contributed by atoms with Crippen LogP contribution in [0, 0.1) is 23.2 Å². The van der Waals surface area contributed by atoms with Gasteiger partial charge in [-0.15, -0.1) is 0 Å². The topological polar surface area (TPSA) is 55.8 Å². The first-order valence-corrected chi connectivity index (χ1v) is 8.76. The summed E-state index contributed by atoms with van der Waals surface area (Å²) in [5.41, 5.74) is -0.612. The van der Waals surface area contributed by atoms with Crippen molar-refractivity contribution in [3.63, 3.8) is 0 Å². The Morgan fingerprint density at radius 3 is 2.00 bits per heavy atom. The number of aliphatic hydroxyl groups is 1. The van der Waals surface area contributed by atoms with E-state index in [2.05, 4.69) is 4.74 Å². The van der Waals surface area contributed by atoms with E-state index < -0.39 is 42.7 Å². The molecule has 4 nitrogen and oxygen atoms in total. The maximum atomic E-state index is 13.2. The number of hydrogen-bond acceptors (Lipinski definition) is 4. The van der Waals surface area contributed by atoms with E-state index in [0.29, 0.717) is 17.8 Å². The molecule has 4 bridgehead atoms. The molecular formula is C17H24F4O4. The Hall–Kier alpha value is -0.890. The van der Waals surface area contributed by atoms with Gasteiger partial charge < -0.3 is 14.6 Å². The lowest BCUT2D eigenvalue weighted by Crippen LogP contribution is -2.51. The average molecular weight is 368 g/mol. The molecular weight excluding hydrogens is 344 g/mol. The zero-order valence-corrected chi connectivity index (χ0v) is 14.2. The van der Waals surface area contributed by atoms with Gasteiger partial charge in [0.15, 0.2) is 0 Å². The molecule has 4 fully saturated rings. The maximum Gasteiger partial charge on any atom is 0.419 e. The van der Waals surface area contributed by atoms with Gasteiger partial charge in [-0.2, -0.15) is 17.6 Å². The molecule has 0 aromatic rings. The molecule has 1 unspecified atom stereocenters. The van der Waals surface area contributed by atoms with Crippen LogP contribution in [0.3, 0.4) is 0 Å². The Bertz CT molecular complexity index is 482. The molecule has 4 rings (SSSR count). The highest BCUT2D eigenvalue weighted by atomic mass is 19.3. The van der Waals surface area contributed by atoms with Crippen LogP contribution in [-0.4, -0.2) is 42.4 Å².